The summed E-state index contributed by atoms with van der Waals surface area (Å²) in [5.74, 6) is 0.913. The van der Waals surface area contributed by atoms with Crippen LogP contribution in [0.25, 0.3) is 0 Å². The molecule has 0 unspecified atom stereocenters. The molecule has 1 aromatic rings. The summed E-state index contributed by atoms with van der Waals surface area (Å²) >= 11 is 1.20. The van der Waals surface area contributed by atoms with Crippen molar-refractivity contribution in [2.75, 3.05) is 12.4 Å². The highest BCUT2D eigenvalue weighted by atomic mass is 32.2. The Morgan fingerprint density at radius 2 is 2.07 bits per heavy atom. The molecule has 0 amide bonds. The maximum atomic E-state index is 12.5. The predicted molar refractivity (Wildman–Crippen MR) is 47.7 cm³/mol. The number of benzene rings is 1. The second-order valence-corrected chi connectivity index (χ2v) is 3.93. The average Bonchev–Trinajstić information content (AvgIpc) is 2.15. The quantitative estimate of drug-likeness (QED) is 0.664. The third kappa shape index (κ3) is 1.68. The first-order valence-electron chi connectivity index (χ1n) is 4.05. The summed E-state index contributed by atoms with van der Waals surface area (Å²) in [6.45, 7) is 0.471. The summed E-state index contributed by atoms with van der Waals surface area (Å²) in [4.78, 5) is 0.214. The van der Waals surface area contributed by atoms with E-state index in [1.54, 1.807) is 6.07 Å². The zero-order valence-electron chi connectivity index (χ0n) is 7.10. The maximum Gasteiger partial charge on any atom is 0.417 e. The topological polar surface area (TPSA) is 9.23 Å². The van der Waals surface area contributed by atoms with E-state index in [1.807, 2.05) is 0 Å². The Labute approximate surface area is 83.3 Å². The molecule has 1 nitrogen and oxygen atoms in total. The lowest BCUT2D eigenvalue weighted by Crippen LogP contribution is -2.13. The van der Waals surface area contributed by atoms with Crippen LogP contribution in [0.4, 0.5) is 13.2 Å². The molecule has 14 heavy (non-hydrogen) atoms. The zero-order valence-corrected chi connectivity index (χ0v) is 7.91. The van der Waals surface area contributed by atoms with Crippen LogP contribution in [0.15, 0.2) is 23.1 Å². The summed E-state index contributed by atoms with van der Waals surface area (Å²) in [6.07, 6.45) is -4.29. The largest absolute Gasteiger partial charge is 0.492 e. The van der Waals surface area contributed by atoms with Gasteiger partial charge in [0, 0.05) is 5.75 Å². The Balaban J connectivity index is 2.51. The van der Waals surface area contributed by atoms with E-state index in [-0.39, 0.29) is 4.90 Å². The molecule has 76 valence electrons. The van der Waals surface area contributed by atoms with Crippen LogP contribution in [0.2, 0.25) is 0 Å². The number of halogens is 3. The van der Waals surface area contributed by atoms with Gasteiger partial charge in [-0.2, -0.15) is 13.2 Å². The molecule has 0 atom stereocenters. The molecule has 1 heterocycles. The highest BCUT2D eigenvalue weighted by molar-refractivity contribution is 7.99. The van der Waals surface area contributed by atoms with Gasteiger partial charge in [-0.1, -0.05) is 6.07 Å². The van der Waals surface area contributed by atoms with Crippen molar-refractivity contribution >= 4 is 11.8 Å². The van der Waals surface area contributed by atoms with Crippen molar-refractivity contribution in [2.45, 2.75) is 11.1 Å². The Kier molecular flexibility index (Phi) is 2.34. The van der Waals surface area contributed by atoms with E-state index in [2.05, 4.69) is 0 Å². The molecule has 0 spiro atoms. The average molecular weight is 220 g/mol. The minimum Gasteiger partial charge on any atom is -0.492 e. The standard InChI is InChI=1S/C9H7F3OS/c10-9(11,12)6-2-1-3-7-8(6)14-5-4-13-7/h1-3H,4-5H2. The highest BCUT2D eigenvalue weighted by Gasteiger charge is 2.35. The third-order valence-corrected chi connectivity index (χ3v) is 2.95. The van der Waals surface area contributed by atoms with Gasteiger partial charge in [-0.15, -0.1) is 11.8 Å². The van der Waals surface area contributed by atoms with Gasteiger partial charge < -0.3 is 4.74 Å². The second-order valence-electron chi connectivity index (χ2n) is 2.83. The normalized spacial score (nSPS) is 15.9. The van der Waals surface area contributed by atoms with Crippen LogP contribution in [0.3, 0.4) is 0 Å². The molecule has 1 aromatic carbocycles. The van der Waals surface area contributed by atoms with Gasteiger partial charge in [-0.3, -0.25) is 0 Å². The van der Waals surface area contributed by atoms with E-state index in [4.69, 9.17) is 4.74 Å². The fraction of sp³-hybridized carbons (Fsp3) is 0.333. The van der Waals surface area contributed by atoms with Crippen LogP contribution >= 0.6 is 11.8 Å². The molecule has 0 saturated carbocycles. The first kappa shape index (κ1) is 9.71. The van der Waals surface area contributed by atoms with E-state index in [0.717, 1.165) is 6.07 Å². The van der Waals surface area contributed by atoms with Crippen LogP contribution in [-0.2, 0) is 6.18 Å². The Bertz CT molecular complexity index is 348. The van der Waals surface area contributed by atoms with Crippen molar-refractivity contribution in [1.29, 1.82) is 0 Å². The van der Waals surface area contributed by atoms with Crippen LogP contribution in [0.5, 0.6) is 5.75 Å². The molecule has 0 aromatic heterocycles. The second kappa shape index (κ2) is 3.38. The van der Waals surface area contributed by atoms with Crippen molar-refractivity contribution in [3.63, 3.8) is 0 Å². The van der Waals surface area contributed by atoms with E-state index in [0.29, 0.717) is 18.1 Å². The molecule has 5 heteroatoms. The van der Waals surface area contributed by atoms with Gasteiger partial charge in [0.25, 0.3) is 0 Å². The summed E-state index contributed by atoms with van der Waals surface area (Å²) < 4.78 is 42.7. The lowest BCUT2D eigenvalue weighted by molar-refractivity contribution is -0.140. The van der Waals surface area contributed by atoms with Crippen molar-refractivity contribution in [3.05, 3.63) is 23.8 Å². The summed E-state index contributed by atoms with van der Waals surface area (Å²) in [5, 5.41) is 0. The number of ether oxygens (including phenoxy) is 1. The van der Waals surface area contributed by atoms with Crippen LogP contribution < -0.4 is 4.74 Å². The van der Waals surface area contributed by atoms with Gasteiger partial charge >= 0.3 is 6.18 Å². The lowest BCUT2D eigenvalue weighted by Gasteiger charge is -2.20. The van der Waals surface area contributed by atoms with E-state index in [9.17, 15) is 13.2 Å². The number of thioether (sulfide) groups is 1. The summed E-state index contributed by atoms with van der Waals surface area (Å²) in [7, 11) is 0. The number of rotatable bonds is 0. The summed E-state index contributed by atoms with van der Waals surface area (Å²) in [5.41, 5.74) is -0.598. The molecule has 0 aliphatic carbocycles. The summed E-state index contributed by atoms with van der Waals surface area (Å²) in [6, 6.07) is 4.02. The smallest absolute Gasteiger partial charge is 0.417 e. The van der Waals surface area contributed by atoms with Gasteiger partial charge in [0.1, 0.15) is 5.75 Å². The Hall–Kier alpha value is -0.840. The van der Waals surface area contributed by atoms with Crippen molar-refractivity contribution < 1.29 is 17.9 Å². The molecule has 1 aliphatic rings. The Morgan fingerprint density at radius 1 is 1.29 bits per heavy atom. The number of hydrogen-bond donors (Lipinski definition) is 0. The number of alkyl halides is 3. The Morgan fingerprint density at radius 3 is 2.79 bits per heavy atom. The van der Waals surface area contributed by atoms with Gasteiger partial charge in [-0.25, -0.2) is 0 Å². The first-order chi connectivity index (χ1) is 6.59. The molecule has 1 aliphatic heterocycles. The number of fused-ring (bicyclic) bond motifs is 1. The van der Waals surface area contributed by atoms with Crippen LogP contribution in [-0.4, -0.2) is 12.4 Å². The van der Waals surface area contributed by atoms with E-state index >= 15 is 0 Å². The SMILES string of the molecule is FC(F)(F)c1cccc2c1SCCO2. The highest BCUT2D eigenvalue weighted by Crippen LogP contribution is 2.43. The maximum absolute atomic E-state index is 12.5. The van der Waals surface area contributed by atoms with Gasteiger partial charge in [0.2, 0.25) is 0 Å². The molecule has 0 radical (unpaired) electrons. The number of hydrogen-bond acceptors (Lipinski definition) is 2. The minimum atomic E-state index is -4.29. The van der Waals surface area contributed by atoms with Gasteiger partial charge in [0.05, 0.1) is 17.1 Å². The van der Waals surface area contributed by atoms with E-state index in [1.165, 1.54) is 17.8 Å². The minimum absolute atomic E-state index is 0.214. The molecular weight excluding hydrogens is 213 g/mol. The monoisotopic (exact) mass is 220 g/mol. The molecule has 0 N–H and O–H groups in total. The van der Waals surface area contributed by atoms with Crippen LogP contribution in [0, 0.1) is 0 Å². The zero-order chi connectivity index (χ0) is 10.2. The molecule has 0 fully saturated rings. The van der Waals surface area contributed by atoms with Gasteiger partial charge in [-0.05, 0) is 12.1 Å². The van der Waals surface area contributed by atoms with Crippen molar-refractivity contribution in [3.8, 4) is 5.75 Å². The molecular formula is C9H7F3OS. The first-order valence-corrected chi connectivity index (χ1v) is 5.03. The third-order valence-electron chi connectivity index (χ3n) is 1.87. The molecule has 0 saturated heterocycles. The van der Waals surface area contributed by atoms with Crippen molar-refractivity contribution in [2.24, 2.45) is 0 Å². The molecule has 0 bridgehead atoms. The molecule has 2 rings (SSSR count). The van der Waals surface area contributed by atoms with Gasteiger partial charge in [0.15, 0.2) is 0 Å². The van der Waals surface area contributed by atoms with Crippen LogP contribution in [0.1, 0.15) is 5.56 Å². The van der Waals surface area contributed by atoms with E-state index < -0.39 is 11.7 Å². The lowest BCUT2D eigenvalue weighted by atomic mass is 10.2. The van der Waals surface area contributed by atoms with Crippen molar-refractivity contribution in [1.82, 2.24) is 0 Å². The predicted octanol–water partition coefficient (Wildman–Crippen LogP) is 3.19. The fourth-order valence-corrected chi connectivity index (χ4v) is 2.28. The fourth-order valence-electron chi connectivity index (χ4n) is 1.30.